The van der Waals surface area contributed by atoms with E-state index in [1.807, 2.05) is 0 Å². The monoisotopic (exact) mass is 282 g/mol. The van der Waals surface area contributed by atoms with E-state index in [2.05, 4.69) is 5.32 Å². The molecule has 0 fully saturated rings. The van der Waals surface area contributed by atoms with E-state index in [0.29, 0.717) is 18.5 Å². The van der Waals surface area contributed by atoms with Crippen molar-refractivity contribution in [1.82, 2.24) is 5.32 Å². The number of benzene rings is 1. The summed E-state index contributed by atoms with van der Waals surface area (Å²) in [6.07, 6.45) is -0.846. The number of hydrogen-bond acceptors (Lipinski definition) is 2. The Morgan fingerprint density at radius 3 is 2.70 bits per heavy atom. The van der Waals surface area contributed by atoms with Gasteiger partial charge in [-0.25, -0.2) is 0 Å². The van der Waals surface area contributed by atoms with E-state index in [0.717, 1.165) is 12.1 Å². The Morgan fingerprint density at radius 2 is 2.15 bits per heavy atom. The molecular formula is C14H13F3N2O. The predicted octanol–water partition coefficient (Wildman–Crippen LogP) is 3.12. The molecule has 0 atom stereocenters. The van der Waals surface area contributed by atoms with Crippen LogP contribution in [0.3, 0.4) is 0 Å². The van der Waals surface area contributed by atoms with Crippen molar-refractivity contribution in [2.24, 2.45) is 0 Å². The molecule has 0 aliphatic carbocycles. The average Bonchev–Trinajstić information content (AvgIpc) is 2.36. The molecule has 0 saturated heterocycles. The van der Waals surface area contributed by atoms with Crippen molar-refractivity contribution >= 4 is 12.0 Å². The van der Waals surface area contributed by atoms with E-state index in [4.69, 9.17) is 5.26 Å². The lowest BCUT2D eigenvalue weighted by Gasteiger charge is -2.09. The van der Waals surface area contributed by atoms with Gasteiger partial charge in [0, 0.05) is 13.5 Å². The van der Waals surface area contributed by atoms with Gasteiger partial charge >= 0.3 is 6.18 Å². The molecule has 0 saturated carbocycles. The summed E-state index contributed by atoms with van der Waals surface area (Å²) >= 11 is 0. The van der Waals surface area contributed by atoms with Crippen LogP contribution in [0.15, 0.2) is 24.3 Å². The zero-order valence-corrected chi connectivity index (χ0v) is 10.8. The largest absolute Gasteiger partial charge is 0.417 e. The second kappa shape index (κ2) is 6.75. The standard InChI is InChI=1S/C14H13F3N2O/c1-10(20)19-7-3-2-4-11-5-6-12(9-18)13(8-11)14(15,16)17/h2,4-6,8H,3,7H2,1H3,(H,19,20). The molecule has 6 heteroatoms. The minimum absolute atomic E-state index is 0.156. The van der Waals surface area contributed by atoms with Gasteiger partial charge in [-0.15, -0.1) is 0 Å². The number of nitrogens with one attached hydrogen (secondary N) is 1. The zero-order valence-electron chi connectivity index (χ0n) is 10.8. The molecule has 1 amide bonds. The van der Waals surface area contributed by atoms with Crippen molar-refractivity contribution in [2.45, 2.75) is 19.5 Å². The van der Waals surface area contributed by atoms with E-state index in [1.54, 1.807) is 6.08 Å². The average molecular weight is 282 g/mol. The van der Waals surface area contributed by atoms with Crippen molar-refractivity contribution < 1.29 is 18.0 Å². The minimum atomic E-state index is -4.55. The lowest BCUT2D eigenvalue weighted by atomic mass is 10.0. The van der Waals surface area contributed by atoms with E-state index in [1.165, 1.54) is 25.1 Å². The third-order valence-electron chi connectivity index (χ3n) is 2.46. The topological polar surface area (TPSA) is 52.9 Å². The van der Waals surface area contributed by atoms with Gasteiger partial charge in [0.25, 0.3) is 0 Å². The summed E-state index contributed by atoms with van der Waals surface area (Å²) in [6, 6.07) is 5.06. The highest BCUT2D eigenvalue weighted by molar-refractivity contribution is 5.72. The van der Waals surface area contributed by atoms with Crippen LogP contribution in [-0.2, 0) is 11.0 Å². The molecule has 0 heterocycles. The van der Waals surface area contributed by atoms with Crippen LogP contribution in [0.25, 0.3) is 6.08 Å². The van der Waals surface area contributed by atoms with Gasteiger partial charge in [0.15, 0.2) is 0 Å². The van der Waals surface area contributed by atoms with Gasteiger partial charge in [0.05, 0.1) is 17.2 Å². The molecule has 106 valence electrons. The summed E-state index contributed by atoms with van der Waals surface area (Å²) in [5, 5.41) is 11.2. The molecule has 0 radical (unpaired) electrons. The van der Waals surface area contributed by atoms with Crippen LogP contribution in [-0.4, -0.2) is 12.5 Å². The van der Waals surface area contributed by atoms with Gasteiger partial charge in [0.2, 0.25) is 5.91 Å². The number of nitrogens with zero attached hydrogens (tertiary/aromatic N) is 1. The van der Waals surface area contributed by atoms with Crippen LogP contribution in [0.1, 0.15) is 30.0 Å². The first-order valence-corrected chi connectivity index (χ1v) is 5.87. The molecule has 0 unspecified atom stereocenters. The summed E-state index contributed by atoms with van der Waals surface area (Å²) in [7, 11) is 0. The van der Waals surface area contributed by atoms with Gasteiger partial charge < -0.3 is 5.32 Å². The molecule has 1 rings (SSSR count). The Balaban J connectivity index is 2.80. The van der Waals surface area contributed by atoms with Gasteiger partial charge in [-0.2, -0.15) is 18.4 Å². The third-order valence-corrected chi connectivity index (χ3v) is 2.46. The highest BCUT2D eigenvalue weighted by Crippen LogP contribution is 2.32. The molecule has 0 bridgehead atoms. The van der Waals surface area contributed by atoms with Gasteiger partial charge in [-0.05, 0) is 24.1 Å². The third kappa shape index (κ3) is 4.76. The number of hydrogen-bond donors (Lipinski definition) is 1. The molecule has 0 spiro atoms. The summed E-state index contributed by atoms with van der Waals surface area (Å²) in [5.74, 6) is -0.156. The van der Waals surface area contributed by atoms with E-state index >= 15 is 0 Å². The van der Waals surface area contributed by atoms with Crippen molar-refractivity contribution in [3.63, 3.8) is 0 Å². The Labute approximate surface area is 114 Å². The molecule has 1 N–H and O–H groups in total. The Morgan fingerprint density at radius 1 is 1.45 bits per heavy atom. The first-order chi connectivity index (χ1) is 9.34. The van der Waals surface area contributed by atoms with E-state index < -0.39 is 17.3 Å². The number of nitriles is 1. The fraction of sp³-hybridized carbons (Fsp3) is 0.286. The second-order valence-electron chi connectivity index (χ2n) is 4.09. The summed E-state index contributed by atoms with van der Waals surface area (Å²) in [4.78, 5) is 10.6. The predicted molar refractivity (Wildman–Crippen MR) is 68.5 cm³/mol. The molecule has 20 heavy (non-hydrogen) atoms. The molecule has 0 aliphatic rings. The maximum Gasteiger partial charge on any atom is 0.417 e. The maximum atomic E-state index is 12.7. The first-order valence-electron chi connectivity index (χ1n) is 5.87. The summed E-state index contributed by atoms with van der Waals surface area (Å²) in [5.41, 5.74) is -0.976. The minimum Gasteiger partial charge on any atom is -0.356 e. The summed E-state index contributed by atoms with van der Waals surface area (Å²) < 4.78 is 38.2. The lowest BCUT2D eigenvalue weighted by molar-refractivity contribution is -0.137. The van der Waals surface area contributed by atoms with Crippen LogP contribution in [0, 0.1) is 11.3 Å². The Kier molecular flexibility index (Phi) is 5.32. The number of amides is 1. The quantitative estimate of drug-likeness (QED) is 0.863. The zero-order chi connectivity index (χ0) is 15.2. The second-order valence-corrected chi connectivity index (χ2v) is 4.09. The van der Waals surface area contributed by atoms with Crippen molar-refractivity contribution in [3.05, 3.63) is 41.0 Å². The van der Waals surface area contributed by atoms with E-state index in [-0.39, 0.29) is 5.91 Å². The molecule has 0 aromatic heterocycles. The Hall–Kier alpha value is -2.29. The fourth-order valence-electron chi connectivity index (χ4n) is 1.55. The number of rotatable bonds is 4. The Bertz CT molecular complexity index is 557. The normalized spacial score (nSPS) is 11.3. The van der Waals surface area contributed by atoms with Gasteiger partial charge in [-0.1, -0.05) is 18.2 Å². The van der Waals surface area contributed by atoms with Crippen LogP contribution in [0.5, 0.6) is 0 Å². The maximum absolute atomic E-state index is 12.7. The van der Waals surface area contributed by atoms with Crippen LogP contribution in [0.2, 0.25) is 0 Å². The summed E-state index contributed by atoms with van der Waals surface area (Å²) in [6.45, 7) is 1.81. The molecule has 1 aromatic carbocycles. The molecule has 0 aliphatic heterocycles. The molecule has 3 nitrogen and oxygen atoms in total. The van der Waals surface area contributed by atoms with Crippen LogP contribution >= 0.6 is 0 Å². The van der Waals surface area contributed by atoms with Gasteiger partial charge in [-0.3, -0.25) is 4.79 Å². The lowest BCUT2D eigenvalue weighted by Crippen LogP contribution is -2.20. The van der Waals surface area contributed by atoms with Crippen molar-refractivity contribution in [2.75, 3.05) is 6.54 Å². The van der Waals surface area contributed by atoms with Crippen LogP contribution in [0.4, 0.5) is 13.2 Å². The fourth-order valence-corrected chi connectivity index (χ4v) is 1.55. The van der Waals surface area contributed by atoms with Crippen molar-refractivity contribution in [1.29, 1.82) is 5.26 Å². The van der Waals surface area contributed by atoms with E-state index in [9.17, 15) is 18.0 Å². The van der Waals surface area contributed by atoms with Crippen molar-refractivity contribution in [3.8, 4) is 6.07 Å². The smallest absolute Gasteiger partial charge is 0.356 e. The first kappa shape index (κ1) is 15.8. The number of halogens is 3. The highest BCUT2D eigenvalue weighted by Gasteiger charge is 2.33. The number of carbonyl (C=O) groups is 1. The number of alkyl halides is 3. The van der Waals surface area contributed by atoms with Gasteiger partial charge in [0.1, 0.15) is 0 Å². The highest BCUT2D eigenvalue weighted by atomic mass is 19.4. The molecular weight excluding hydrogens is 269 g/mol. The number of carbonyl (C=O) groups excluding carboxylic acids is 1. The SMILES string of the molecule is CC(=O)NCCC=Cc1ccc(C#N)c(C(F)(F)F)c1. The van der Waals surface area contributed by atoms with Crippen LogP contribution < -0.4 is 5.32 Å². The molecule has 1 aromatic rings.